The Kier molecular flexibility index (Phi) is 3.45. The highest BCUT2D eigenvalue weighted by molar-refractivity contribution is 4.95. The molecule has 1 saturated heterocycles. The zero-order valence-corrected chi connectivity index (χ0v) is 9.56. The van der Waals surface area contributed by atoms with E-state index in [1.54, 1.807) is 0 Å². The molecule has 0 aromatic heterocycles. The van der Waals surface area contributed by atoms with Gasteiger partial charge in [-0.2, -0.15) is 13.2 Å². The molecule has 2 nitrogen and oxygen atoms in total. The first-order valence-electron chi connectivity index (χ1n) is 6.01. The lowest BCUT2D eigenvalue weighted by molar-refractivity contribution is -0.133. The van der Waals surface area contributed by atoms with Crippen LogP contribution in [-0.2, 0) is 0 Å². The molecule has 94 valence electrons. The van der Waals surface area contributed by atoms with Gasteiger partial charge < -0.3 is 5.32 Å². The van der Waals surface area contributed by atoms with Gasteiger partial charge in [-0.15, -0.1) is 0 Å². The number of nitrogens with one attached hydrogen (secondary N) is 1. The van der Waals surface area contributed by atoms with Crippen molar-refractivity contribution in [1.29, 1.82) is 0 Å². The first-order chi connectivity index (χ1) is 7.46. The molecule has 0 aromatic carbocycles. The van der Waals surface area contributed by atoms with Crippen molar-refractivity contribution in [3.8, 4) is 0 Å². The fourth-order valence-corrected chi connectivity index (χ4v) is 2.54. The van der Waals surface area contributed by atoms with Crippen molar-refractivity contribution in [1.82, 2.24) is 10.2 Å². The number of alkyl halides is 3. The fourth-order valence-electron chi connectivity index (χ4n) is 2.54. The summed E-state index contributed by atoms with van der Waals surface area (Å²) < 4.78 is 35.9. The van der Waals surface area contributed by atoms with Crippen molar-refractivity contribution in [3.63, 3.8) is 0 Å². The summed E-state index contributed by atoms with van der Waals surface area (Å²) in [5.74, 6) is 0. The van der Waals surface area contributed by atoms with Crippen molar-refractivity contribution in [2.45, 2.75) is 56.9 Å². The summed E-state index contributed by atoms with van der Waals surface area (Å²) in [5.41, 5.74) is 0. The molecule has 0 bridgehead atoms. The summed E-state index contributed by atoms with van der Waals surface area (Å²) in [5, 5.41) is 3.02. The minimum Gasteiger partial charge on any atom is -0.312 e. The second kappa shape index (κ2) is 4.53. The van der Waals surface area contributed by atoms with Gasteiger partial charge in [-0.3, -0.25) is 4.90 Å². The van der Waals surface area contributed by atoms with Gasteiger partial charge in [0.15, 0.2) is 0 Å². The standard InChI is InChI=1S/C11H19F3N2/c1-8-6-9(7-16(8)10-2-3-10)15-5-4-11(12,13)14/h8-10,15H,2-7H2,1H3. The topological polar surface area (TPSA) is 15.3 Å². The largest absolute Gasteiger partial charge is 0.390 e. The molecule has 1 N–H and O–H groups in total. The lowest BCUT2D eigenvalue weighted by Gasteiger charge is -2.19. The molecule has 2 fully saturated rings. The molecule has 0 aromatic rings. The number of rotatable bonds is 4. The summed E-state index contributed by atoms with van der Waals surface area (Å²) in [7, 11) is 0. The van der Waals surface area contributed by atoms with Crippen LogP contribution in [0.25, 0.3) is 0 Å². The molecular formula is C11H19F3N2. The monoisotopic (exact) mass is 236 g/mol. The van der Waals surface area contributed by atoms with Gasteiger partial charge in [-0.1, -0.05) is 0 Å². The Hall–Kier alpha value is -0.290. The van der Waals surface area contributed by atoms with E-state index in [4.69, 9.17) is 0 Å². The molecule has 5 heteroatoms. The van der Waals surface area contributed by atoms with E-state index in [-0.39, 0.29) is 12.6 Å². The molecule has 1 heterocycles. The Bertz CT molecular complexity index is 238. The van der Waals surface area contributed by atoms with Crippen molar-refractivity contribution in [3.05, 3.63) is 0 Å². The number of halogens is 3. The molecule has 0 spiro atoms. The van der Waals surface area contributed by atoms with Gasteiger partial charge in [0, 0.05) is 31.2 Å². The summed E-state index contributed by atoms with van der Waals surface area (Å²) in [4.78, 5) is 2.44. The van der Waals surface area contributed by atoms with Crippen LogP contribution >= 0.6 is 0 Å². The molecule has 1 aliphatic heterocycles. The Balaban J connectivity index is 1.68. The maximum absolute atomic E-state index is 12.0. The number of hydrogen-bond donors (Lipinski definition) is 1. The minimum atomic E-state index is -4.03. The Morgan fingerprint density at radius 3 is 2.56 bits per heavy atom. The second-order valence-corrected chi connectivity index (χ2v) is 5.03. The first kappa shape index (κ1) is 12.2. The molecule has 1 saturated carbocycles. The summed E-state index contributed by atoms with van der Waals surface area (Å²) in [6, 6.07) is 1.48. The van der Waals surface area contributed by atoms with Crippen molar-refractivity contribution in [2.24, 2.45) is 0 Å². The highest BCUT2D eigenvalue weighted by Gasteiger charge is 2.38. The molecule has 1 aliphatic carbocycles. The van der Waals surface area contributed by atoms with E-state index in [9.17, 15) is 13.2 Å². The van der Waals surface area contributed by atoms with Gasteiger partial charge in [0.25, 0.3) is 0 Å². The van der Waals surface area contributed by atoms with Crippen molar-refractivity contribution >= 4 is 0 Å². The van der Waals surface area contributed by atoms with Gasteiger partial charge in [-0.05, 0) is 26.2 Å². The van der Waals surface area contributed by atoms with Crippen LogP contribution in [0.15, 0.2) is 0 Å². The number of likely N-dealkylation sites (tertiary alicyclic amines) is 1. The minimum absolute atomic E-state index is 0.0550. The zero-order valence-electron chi connectivity index (χ0n) is 9.56. The smallest absolute Gasteiger partial charge is 0.312 e. The SMILES string of the molecule is CC1CC(NCCC(F)(F)F)CN1C1CC1. The molecular weight excluding hydrogens is 217 g/mol. The van der Waals surface area contributed by atoms with Gasteiger partial charge in [0.2, 0.25) is 0 Å². The molecule has 2 unspecified atom stereocenters. The Morgan fingerprint density at radius 2 is 2.00 bits per heavy atom. The lowest BCUT2D eigenvalue weighted by atomic mass is 10.2. The maximum atomic E-state index is 12.0. The highest BCUT2D eigenvalue weighted by atomic mass is 19.4. The summed E-state index contributed by atoms with van der Waals surface area (Å²) in [6.45, 7) is 3.15. The fraction of sp³-hybridized carbons (Fsp3) is 1.00. The van der Waals surface area contributed by atoms with Crippen LogP contribution in [0.4, 0.5) is 13.2 Å². The average Bonchev–Trinajstić information content (AvgIpc) is 2.90. The highest BCUT2D eigenvalue weighted by Crippen LogP contribution is 2.33. The third kappa shape index (κ3) is 3.35. The van der Waals surface area contributed by atoms with Crippen molar-refractivity contribution < 1.29 is 13.2 Å². The zero-order chi connectivity index (χ0) is 11.8. The molecule has 2 rings (SSSR count). The summed E-state index contributed by atoms with van der Waals surface area (Å²) >= 11 is 0. The number of hydrogen-bond acceptors (Lipinski definition) is 2. The molecule has 2 atom stereocenters. The van der Waals surface area contributed by atoms with Gasteiger partial charge in [0.1, 0.15) is 0 Å². The quantitative estimate of drug-likeness (QED) is 0.804. The van der Waals surface area contributed by atoms with Gasteiger partial charge in [-0.25, -0.2) is 0 Å². The third-order valence-electron chi connectivity index (χ3n) is 3.48. The van der Waals surface area contributed by atoms with Crippen LogP contribution in [0.2, 0.25) is 0 Å². The van der Waals surface area contributed by atoms with E-state index in [1.807, 2.05) is 0 Å². The van der Waals surface area contributed by atoms with E-state index in [0.717, 1.165) is 13.0 Å². The van der Waals surface area contributed by atoms with E-state index in [1.165, 1.54) is 12.8 Å². The van der Waals surface area contributed by atoms with Crippen molar-refractivity contribution in [2.75, 3.05) is 13.1 Å². The molecule has 0 radical (unpaired) electrons. The van der Waals surface area contributed by atoms with E-state index < -0.39 is 12.6 Å². The Morgan fingerprint density at radius 1 is 1.31 bits per heavy atom. The van der Waals surface area contributed by atoms with Crippen LogP contribution in [0.1, 0.15) is 32.6 Å². The maximum Gasteiger partial charge on any atom is 0.390 e. The van der Waals surface area contributed by atoms with E-state index >= 15 is 0 Å². The van der Waals surface area contributed by atoms with Crippen LogP contribution in [-0.4, -0.2) is 42.3 Å². The van der Waals surface area contributed by atoms with Crippen LogP contribution in [0.3, 0.4) is 0 Å². The second-order valence-electron chi connectivity index (χ2n) is 5.03. The normalized spacial score (nSPS) is 32.2. The first-order valence-corrected chi connectivity index (χ1v) is 6.01. The third-order valence-corrected chi connectivity index (χ3v) is 3.48. The predicted molar refractivity (Wildman–Crippen MR) is 56.3 cm³/mol. The molecule has 2 aliphatic rings. The van der Waals surface area contributed by atoms with E-state index in [0.29, 0.717) is 12.1 Å². The molecule has 16 heavy (non-hydrogen) atoms. The summed E-state index contributed by atoms with van der Waals surface area (Å²) in [6.07, 6.45) is -1.25. The lowest BCUT2D eigenvalue weighted by Crippen LogP contribution is -2.35. The van der Waals surface area contributed by atoms with E-state index in [2.05, 4.69) is 17.1 Å². The van der Waals surface area contributed by atoms with Gasteiger partial charge >= 0.3 is 6.18 Å². The van der Waals surface area contributed by atoms with Crippen LogP contribution in [0, 0.1) is 0 Å². The van der Waals surface area contributed by atoms with Gasteiger partial charge in [0.05, 0.1) is 6.42 Å². The predicted octanol–water partition coefficient (Wildman–Crippen LogP) is 2.15. The Labute approximate surface area is 94.2 Å². The van der Waals surface area contributed by atoms with Crippen LogP contribution in [0.5, 0.6) is 0 Å². The van der Waals surface area contributed by atoms with Crippen LogP contribution < -0.4 is 5.32 Å². The number of nitrogens with zero attached hydrogens (tertiary/aromatic N) is 1. The average molecular weight is 236 g/mol. The molecule has 0 amide bonds.